The average molecular weight is 294 g/mol. The van der Waals surface area contributed by atoms with Crippen LogP contribution in [0.5, 0.6) is 0 Å². The van der Waals surface area contributed by atoms with Crippen LogP contribution in [0.2, 0.25) is 0 Å². The van der Waals surface area contributed by atoms with Crippen LogP contribution in [0.4, 0.5) is 0 Å². The molecule has 0 aromatic heterocycles. The van der Waals surface area contributed by atoms with E-state index in [0.29, 0.717) is 32.8 Å². The molecule has 1 unspecified atom stereocenters. The molecular formula is C11H22N2O5S. The van der Waals surface area contributed by atoms with E-state index in [9.17, 15) is 13.2 Å². The summed E-state index contributed by atoms with van der Waals surface area (Å²) in [6.45, 7) is 5.70. The van der Waals surface area contributed by atoms with Crippen molar-refractivity contribution >= 4 is 16.0 Å². The largest absolute Gasteiger partial charge is 0.480 e. The lowest BCUT2D eigenvalue weighted by atomic mass is 10.2. The van der Waals surface area contributed by atoms with Gasteiger partial charge >= 0.3 is 5.97 Å². The summed E-state index contributed by atoms with van der Waals surface area (Å²) in [4.78, 5) is 12.6. The van der Waals surface area contributed by atoms with Gasteiger partial charge in [-0.05, 0) is 13.8 Å². The first-order chi connectivity index (χ1) is 8.88. The SMILES string of the molecule is CCOCCS(=O)(=O)N1CCN(C(C)C(=O)O)CC1. The standard InChI is InChI=1S/C11H22N2O5S/c1-3-18-8-9-19(16,17)13-6-4-12(5-7-13)10(2)11(14)15/h10H,3-9H2,1-2H3,(H,14,15). The monoisotopic (exact) mass is 294 g/mol. The van der Waals surface area contributed by atoms with E-state index in [2.05, 4.69) is 0 Å². The summed E-state index contributed by atoms with van der Waals surface area (Å²) < 4.78 is 30.4. The number of ether oxygens (including phenoxy) is 1. The number of hydrogen-bond donors (Lipinski definition) is 1. The Kier molecular flexibility index (Phi) is 6.18. The van der Waals surface area contributed by atoms with E-state index in [4.69, 9.17) is 9.84 Å². The Labute approximate surface area is 114 Å². The van der Waals surface area contributed by atoms with Crippen LogP contribution in [0.1, 0.15) is 13.8 Å². The van der Waals surface area contributed by atoms with Crippen LogP contribution in [0, 0.1) is 0 Å². The Bertz CT molecular complexity index is 390. The van der Waals surface area contributed by atoms with Gasteiger partial charge < -0.3 is 9.84 Å². The van der Waals surface area contributed by atoms with Crippen molar-refractivity contribution in [1.82, 2.24) is 9.21 Å². The zero-order valence-electron chi connectivity index (χ0n) is 11.4. The molecule has 0 amide bonds. The highest BCUT2D eigenvalue weighted by Gasteiger charge is 2.30. The van der Waals surface area contributed by atoms with Gasteiger partial charge in [-0.1, -0.05) is 0 Å². The second-order valence-electron chi connectivity index (χ2n) is 4.46. The van der Waals surface area contributed by atoms with E-state index in [1.165, 1.54) is 4.31 Å². The number of rotatable bonds is 7. The molecule has 0 radical (unpaired) electrons. The lowest BCUT2D eigenvalue weighted by Gasteiger charge is -2.35. The summed E-state index contributed by atoms with van der Waals surface area (Å²) in [6.07, 6.45) is 0. The molecule has 7 nitrogen and oxygen atoms in total. The molecule has 0 saturated carbocycles. The quantitative estimate of drug-likeness (QED) is 0.634. The van der Waals surface area contributed by atoms with Crippen LogP contribution < -0.4 is 0 Å². The zero-order chi connectivity index (χ0) is 14.5. The topological polar surface area (TPSA) is 87.2 Å². The van der Waals surface area contributed by atoms with E-state index in [0.717, 1.165) is 0 Å². The van der Waals surface area contributed by atoms with Crippen molar-refractivity contribution in [1.29, 1.82) is 0 Å². The summed E-state index contributed by atoms with van der Waals surface area (Å²) in [5.41, 5.74) is 0. The normalized spacial score (nSPS) is 20.3. The molecule has 0 aromatic carbocycles. The maximum atomic E-state index is 12.0. The molecule has 1 heterocycles. The Morgan fingerprint density at radius 2 is 1.89 bits per heavy atom. The van der Waals surface area contributed by atoms with Crippen LogP contribution in [0.3, 0.4) is 0 Å². The van der Waals surface area contributed by atoms with Gasteiger partial charge in [-0.2, -0.15) is 4.31 Å². The molecule has 1 fully saturated rings. The summed E-state index contributed by atoms with van der Waals surface area (Å²) >= 11 is 0. The van der Waals surface area contributed by atoms with Gasteiger partial charge in [-0.3, -0.25) is 9.69 Å². The molecule has 1 N–H and O–H groups in total. The van der Waals surface area contributed by atoms with Gasteiger partial charge in [-0.15, -0.1) is 0 Å². The third-order valence-electron chi connectivity index (χ3n) is 3.26. The third-order valence-corrected chi connectivity index (χ3v) is 5.10. The van der Waals surface area contributed by atoms with Crippen molar-refractivity contribution in [3.8, 4) is 0 Å². The molecular weight excluding hydrogens is 272 g/mol. The number of nitrogens with zero attached hydrogens (tertiary/aromatic N) is 2. The van der Waals surface area contributed by atoms with Gasteiger partial charge in [0, 0.05) is 32.8 Å². The van der Waals surface area contributed by atoms with Crippen LogP contribution in [0.25, 0.3) is 0 Å². The fourth-order valence-electron chi connectivity index (χ4n) is 1.96. The van der Waals surface area contributed by atoms with Crippen LogP contribution >= 0.6 is 0 Å². The number of sulfonamides is 1. The van der Waals surface area contributed by atoms with Crippen molar-refractivity contribution in [3.63, 3.8) is 0 Å². The first-order valence-electron chi connectivity index (χ1n) is 6.41. The van der Waals surface area contributed by atoms with Gasteiger partial charge in [0.05, 0.1) is 12.4 Å². The predicted octanol–water partition coefficient (Wildman–Crippen LogP) is -0.557. The molecule has 1 saturated heterocycles. The predicted molar refractivity (Wildman–Crippen MR) is 70.5 cm³/mol. The van der Waals surface area contributed by atoms with Gasteiger partial charge in [-0.25, -0.2) is 8.42 Å². The second kappa shape index (κ2) is 7.18. The molecule has 112 valence electrons. The van der Waals surface area contributed by atoms with Gasteiger partial charge in [0.15, 0.2) is 0 Å². The van der Waals surface area contributed by atoms with Crippen LogP contribution in [0.15, 0.2) is 0 Å². The molecule has 0 aliphatic carbocycles. The Hall–Kier alpha value is -0.700. The van der Waals surface area contributed by atoms with E-state index >= 15 is 0 Å². The summed E-state index contributed by atoms with van der Waals surface area (Å²) in [5, 5.41) is 8.91. The summed E-state index contributed by atoms with van der Waals surface area (Å²) in [5.74, 6) is -0.900. The van der Waals surface area contributed by atoms with Gasteiger partial charge in [0.2, 0.25) is 10.0 Å². The molecule has 0 aromatic rings. The Morgan fingerprint density at radius 1 is 1.32 bits per heavy atom. The minimum absolute atomic E-state index is 0.0185. The first kappa shape index (κ1) is 16.4. The Morgan fingerprint density at radius 3 is 2.37 bits per heavy atom. The van der Waals surface area contributed by atoms with Crippen molar-refractivity contribution in [3.05, 3.63) is 0 Å². The first-order valence-corrected chi connectivity index (χ1v) is 8.02. The summed E-state index contributed by atoms with van der Waals surface area (Å²) in [7, 11) is -3.29. The lowest BCUT2D eigenvalue weighted by Crippen LogP contribution is -2.53. The van der Waals surface area contributed by atoms with Crippen molar-refractivity contribution < 1.29 is 23.1 Å². The van der Waals surface area contributed by atoms with E-state index in [1.54, 1.807) is 11.8 Å². The minimum Gasteiger partial charge on any atom is -0.480 e. The summed E-state index contributed by atoms with van der Waals surface area (Å²) in [6, 6.07) is -0.576. The number of carboxylic acid groups (broad SMARTS) is 1. The zero-order valence-corrected chi connectivity index (χ0v) is 12.2. The fourth-order valence-corrected chi connectivity index (χ4v) is 3.27. The van der Waals surface area contributed by atoms with E-state index in [1.807, 2.05) is 6.92 Å². The maximum Gasteiger partial charge on any atom is 0.320 e. The second-order valence-corrected chi connectivity index (χ2v) is 6.55. The highest BCUT2D eigenvalue weighted by atomic mass is 32.2. The number of carboxylic acids is 1. The van der Waals surface area contributed by atoms with E-state index in [-0.39, 0.29) is 12.4 Å². The number of hydrogen-bond acceptors (Lipinski definition) is 5. The maximum absolute atomic E-state index is 12.0. The molecule has 19 heavy (non-hydrogen) atoms. The molecule has 0 spiro atoms. The number of aliphatic carboxylic acids is 1. The average Bonchev–Trinajstić information content (AvgIpc) is 2.38. The molecule has 0 bridgehead atoms. The number of carbonyl (C=O) groups is 1. The molecule has 8 heteroatoms. The van der Waals surface area contributed by atoms with Crippen LogP contribution in [-0.4, -0.2) is 79.9 Å². The van der Waals surface area contributed by atoms with Crippen LogP contribution in [-0.2, 0) is 19.6 Å². The molecule has 1 rings (SSSR count). The van der Waals surface area contributed by atoms with Crippen molar-refractivity contribution in [2.24, 2.45) is 0 Å². The minimum atomic E-state index is -3.29. The molecule has 1 aliphatic heterocycles. The lowest BCUT2D eigenvalue weighted by molar-refractivity contribution is -0.143. The van der Waals surface area contributed by atoms with Gasteiger partial charge in [0.25, 0.3) is 0 Å². The van der Waals surface area contributed by atoms with Gasteiger partial charge in [0.1, 0.15) is 6.04 Å². The number of piperazine rings is 1. The van der Waals surface area contributed by atoms with E-state index < -0.39 is 22.0 Å². The highest BCUT2D eigenvalue weighted by Crippen LogP contribution is 2.10. The fraction of sp³-hybridized carbons (Fsp3) is 0.909. The Balaban J connectivity index is 2.46. The highest BCUT2D eigenvalue weighted by molar-refractivity contribution is 7.89. The third kappa shape index (κ3) is 4.72. The van der Waals surface area contributed by atoms with Crippen molar-refractivity contribution in [2.45, 2.75) is 19.9 Å². The van der Waals surface area contributed by atoms with Crippen molar-refractivity contribution in [2.75, 3.05) is 45.1 Å². The smallest absolute Gasteiger partial charge is 0.320 e. The molecule has 1 aliphatic rings. The molecule has 1 atom stereocenters.